The number of hydrogen-bond acceptors (Lipinski definition) is 4. The summed E-state index contributed by atoms with van der Waals surface area (Å²) in [7, 11) is -4.46. The van der Waals surface area contributed by atoms with E-state index in [1.807, 2.05) is 0 Å². The van der Waals surface area contributed by atoms with Gasteiger partial charge in [0.05, 0.1) is 12.9 Å². The first-order valence-electron chi connectivity index (χ1n) is 3.24. The SMILES string of the molecule is O=Cc1cc(COP(=O)(O)O)co1. The van der Waals surface area contributed by atoms with Crippen LogP contribution in [0.2, 0.25) is 0 Å². The Balaban J connectivity index is 2.55. The lowest BCUT2D eigenvalue weighted by atomic mass is 10.3. The second-order valence-electron chi connectivity index (χ2n) is 2.24. The molecule has 0 spiro atoms. The maximum Gasteiger partial charge on any atom is 0.469 e. The van der Waals surface area contributed by atoms with Crippen molar-refractivity contribution in [2.75, 3.05) is 0 Å². The molecule has 0 bridgehead atoms. The largest absolute Gasteiger partial charge is 0.469 e. The van der Waals surface area contributed by atoms with E-state index in [2.05, 4.69) is 8.94 Å². The van der Waals surface area contributed by atoms with Crippen LogP contribution >= 0.6 is 7.82 Å². The van der Waals surface area contributed by atoms with Crippen LogP contribution in [0.5, 0.6) is 0 Å². The molecule has 0 radical (unpaired) electrons. The second kappa shape index (κ2) is 3.85. The first-order chi connectivity index (χ1) is 6.01. The summed E-state index contributed by atoms with van der Waals surface area (Å²) in [5, 5.41) is 0. The van der Waals surface area contributed by atoms with Crippen molar-refractivity contribution in [3.63, 3.8) is 0 Å². The van der Waals surface area contributed by atoms with Gasteiger partial charge in [-0.2, -0.15) is 0 Å². The zero-order chi connectivity index (χ0) is 9.90. The molecular weight excluding hydrogens is 199 g/mol. The van der Waals surface area contributed by atoms with Crippen molar-refractivity contribution in [1.82, 2.24) is 0 Å². The third-order valence-electron chi connectivity index (χ3n) is 1.19. The van der Waals surface area contributed by atoms with Crippen molar-refractivity contribution in [2.24, 2.45) is 0 Å². The standard InChI is InChI=1S/C6H7O6P/c7-2-6-1-5(3-11-6)4-12-13(8,9)10/h1-3H,4H2,(H2,8,9,10). The van der Waals surface area contributed by atoms with Crippen molar-refractivity contribution in [2.45, 2.75) is 6.61 Å². The van der Waals surface area contributed by atoms with Gasteiger partial charge in [-0.1, -0.05) is 0 Å². The predicted octanol–water partition coefficient (Wildman–Crippen LogP) is 0.701. The van der Waals surface area contributed by atoms with Crippen molar-refractivity contribution >= 4 is 14.1 Å². The van der Waals surface area contributed by atoms with E-state index in [4.69, 9.17) is 9.79 Å². The van der Waals surface area contributed by atoms with Gasteiger partial charge in [0, 0.05) is 5.56 Å². The van der Waals surface area contributed by atoms with Crippen LogP contribution in [0.1, 0.15) is 16.1 Å². The summed E-state index contributed by atoms with van der Waals surface area (Å²) in [4.78, 5) is 26.8. The minimum Gasteiger partial charge on any atom is -0.461 e. The van der Waals surface area contributed by atoms with Crippen LogP contribution in [0.3, 0.4) is 0 Å². The molecule has 2 N–H and O–H groups in total. The van der Waals surface area contributed by atoms with E-state index in [1.54, 1.807) is 0 Å². The molecule has 72 valence electrons. The Bertz CT molecular complexity index is 337. The number of carbonyl (C=O) groups excluding carboxylic acids is 1. The quantitative estimate of drug-likeness (QED) is 0.555. The van der Waals surface area contributed by atoms with Crippen molar-refractivity contribution in [3.05, 3.63) is 23.7 Å². The van der Waals surface area contributed by atoms with Gasteiger partial charge in [0.1, 0.15) is 0 Å². The Kier molecular flexibility index (Phi) is 3.00. The van der Waals surface area contributed by atoms with Crippen LogP contribution in [-0.2, 0) is 15.7 Å². The van der Waals surface area contributed by atoms with Gasteiger partial charge in [0.2, 0.25) is 0 Å². The summed E-state index contributed by atoms with van der Waals surface area (Å²) in [6.07, 6.45) is 1.68. The molecule has 0 atom stereocenters. The molecule has 0 aliphatic heterocycles. The molecule has 0 aliphatic carbocycles. The van der Waals surface area contributed by atoms with Crippen molar-refractivity contribution in [3.8, 4) is 0 Å². The highest BCUT2D eigenvalue weighted by molar-refractivity contribution is 7.46. The fourth-order valence-electron chi connectivity index (χ4n) is 0.691. The third kappa shape index (κ3) is 3.52. The Morgan fingerprint density at radius 1 is 1.62 bits per heavy atom. The lowest BCUT2D eigenvalue weighted by molar-refractivity contribution is 0.110. The number of aldehydes is 1. The van der Waals surface area contributed by atoms with Gasteiger partial charge in [-0.05, 0) is 6.07 Å². The van der Waals surface area contributed by atoms with Gasteiger partial charge < -0.3 is 14.2 Å². The first kappa shape index (κ1) is 10.1. The van der Waals surface area contributed by atoms with Crippen LogP contribution in [-0.4, -0.2) is 16.1 Å². The minimum absolute atomic E-state index is 0.0873. The summed E-state index contributed by atoms with van der Waals surface area (Å²) in [5.74, 6) is 0.0873. The normalized spacial score (nSPS) is 11.5. The van der Waals surface area contributed by atoms with Crippen LogP contribution in [0, 0.1) is 0 Å². The smallest absolute Gasteiger partial charge is 0.461 e. The van der Waals surface area contributed by atoms with E-state index in [0.717, 1.165) is 0 Å². The second-order valence-corrected chi connectivity index (χ2v) is 3.48. The van der Waals surface area contributed by atoms with E-state index >= 15 is 0 Å². The Morgan fingerprint density at radius 3 is 2.77 bits per heavy atom. The average Bonchev–Trinajstić information content (AvgIpc) is 2.47. The van der Waals surface area contributed by atoms with Crippen LogP contribution in [0.4, 0.5) is 0 Å². The van der Waals surface area contributed by atoms with Gasteiger partial charge in [0.25, 0.3) is 0 Å². The molecule has 0 saturated carbocycles. The first-order valence-corrected chi connectivity index (χ1v) is 4.77. The molecule has 1 rings (SSSR count). The molecule has 1 heterocycles. The molecule has 0 aliphatic rings. The fraction of sp³-hybridized carbons (Fsp3) is 0.167. The molecule has 7 heteroatoms. The van der Waals surface area contributed by atoms with Gasteiger partial charge in [-0.15, -0.1) is 0 Å². The maximum absolute atomic E-state index is 10.3. The summed E-state index contributed by atoms with van der Waals surface area (Å²) < 4.78 is 19.1. The predicted molar refractivity (Wildman–Crippen MR) is 40.9 cm³/mol. The molecule has 0 unspecified atom stereocenters. The highest BCUT2D eigenvalue weighted by Gasteiger charge is 2.14. The van der Waals surface area contributed by atoms with E-state index in [-0.39, 0.29) is 12.4 Å². The minimum atomic E-state index is -4.46. The van der Waals surface area contributed by atoms with E-state index in [1.165, 1.54) is 12.3 Å². The molecule has 6 nitrogen and oxygen atoms in total. The van der Waals surface area contributed by atoms with Gasteiger partial charge in [0.15, 0.2) is 12.0 Å². The summed E-state index contributed by atoms with van der Waals surface area (Å²) in [5.41, 5.74) is 0.394. The maximum atomic E-state index is 10.3. The fourth-order valence-corrected chi connectivity index (χ4v) is 1.01. The van der Waals surface area contributed by atoms with E-state index < -0.39 is 7.82 Å². The molecule has 1 aromatic rings. The molecule has 0 aromatic carbocycles. The number of hydrogen-bond donors (Lipinski definition) is 2. The number of phosphoric ester groups is 1. The lowest BCUT2D eigenvalue weighted by Gasteiger charge is -2.01. The number of furan rings is 1. The molecule has 0 amide bonds. The molecule has 0 fully saturated rings. The number of rotatable bonds is 4. The van der Waals surface area contributed by atoms with E-state index in [9.17, 15) is 9.36 Å². The third-order valence-corrected chi connectivity index (χ3v) is 1.66. The monoisotopic (exact) mass is 206 g/mol. The van der Waals surface area contributed by atoms with Gasteiger partial charge >= 0.3 is 7.82 Å². The van der Waals surface area contributed by atoms with Gasteiger partial charge in [-0.3, -0.25) is 9.32 Å². The number of phosphoric acid groups is 1. The highest BCUT2D eigenvalue weighted by Crippen LogP contribution is 2.36. The Hall–Kier alpha value is -0.940. The summed E-state index contributed by atoms with van der Waals surface area (Å²) in [6.45, 7) is -0.290. The highest BCUT2D eigenvalue weighted by atomic mass is 31.2. The topological polar surface area (TPSA) is 97.0 Å². The molecule has 0 saturated heterocycles. The van der Waals surface area contributed by atoms with E-state index in [0.29, 0.717) is 11.8 Å². The molecular formula is C6H7O6P. The van der Waals surface area contributed by atoms with Crippen LogP contribution < -0.4 is 0 Å². The average molecular weight is 206 g/mol. The molecule has 13 heavy (non-hydrogen) atoms. The number of carbonyl (C=O) groups is 1. The van der Waals surface area contributed by atoms with Crippen LogP contribution in [0.25, 0.3) is 0 Å². The zero-order valence-electron chi connectivity index (χ0n) is 6.41. The van der Waals surface area contributed by atoms with Crippen molar-refractivity contribution in [1.29, 1.82) is 0 Å². The Morgan fingerprint density at radius 2 is 2.31 bits per heavy atom. The van der Waals surface area contributed by atoms with Crippen molar-refractivity contribution < 1.29 is 28.1 Å². The van der Waals surface area contributed by atoms with Gasteiger partial charge in [-0.25, -0.2) is 4.57 Å². The zero-order valence-corrected chi connectivity index (χ0v) is 7.31. The summed E-state index contributed by atoms with van der Waals surface area (Å²) >= 11 is 0. The molecule has 1 aromatic heterocycles. The van der Waals surface area contributed by atoms with Crippen LogP contribution in [0.15, 0.2) is 16.7 Å². The lowest BCUT2D eigenvalue weighted by Crippen LogP contribution is -1.88. The summed E-state index contributed by atoms with van der Waals surface area (Å²) in [6, 6.07) is 1.34. The Labute approximate surface area is 73.4 Å².